The highest BCUT2D eigenvalue weighted by Crippen LogP contribution is 2.31. The maximum atomic E-state index is 12.8. The largest absolute Gasteiger partial charge is 0.433 e. The average molecular weight is 275 g/mol. The topological polar surface area (TPSA) is 46.9 Å². The van der Waals surface area contributed by atoms with E-state index < -0.39 is 11.9 Å². The highest BCUT2D eigenvalue weighted by molar-refractivity contribution is 5.78. The molecule has 106 valence electrons. The van der Waals surface area contributed by atoms with E-state index in [4.69, 9.17) is 0 Å². The summed E-state index contributed by atoms with van der Waals surface area (Å²) in [6.45, 7) is 3.63. The number of halogens is 3. The van der Waals surface area contributed by atoms with Gasteiger partial charge in [-0.3, -0.25) is 4.79 Å². The van der Waals surface area contributed by atoms with E-state index >= 15 is 0 Å². The summed E-state index contributed by atoms with van der Waals surface area (Å²) in [6.07, 6.45) is -2.48. The smallest absolute Gasteiger partial charge is 0.351 e. The van der Waals surface area contributed by atoms with Crippen LogP contribution in [0.3, 0.4) is 0 Å². The Morgan fingerprint density at radius 2 is 2.21 bits per heavy atom. The second-order valence-electron chi connectivity index (χ2n) is 5.07. The molecule has 4 nitrogen and oxygen atoms in total. The highest BCUT2D eigenvalue weighted by Gasteiger charge is 2.37. The average Bonchev–Trinajstić information content (AvgIpc) is 2.71. The zero-order chi connectivity index (χ0) is 14.2. The normalized spacial score (nSPS) is 19.4. The monoisotopic (exact) mass is 275 g/mol. The maximum Gasteiger partial charge on any atom is 0.433 e. The summed E-state index contributed by atoms with van der Waals surface area (Å²) in [5.41, 5.74) is -0.744. The number of alkyl halides is 3. The van der Waals surface area contributed by atoms with Crippen LogP contribution in [0.15, 0.2) is 6.20 Å². The van der Waals surface area contributed by atoms with Gasteiger partial charge in [0, 0.05) is 24.9 Å². The molecular formula is C12H16F3N3O. The van der Waals surface area contributed by atoms with Gasteiger partial charge in [0.15, 0.2) is 0 Å². The van der Waals surface area contributed by atoms with Crippen LogP contribution in [0, 0.1) is 5.92 Å². The molecular weight excluding hydrogens is 259 g/mol. The van der Waals surface area contributed by atoms with Crippen LogP contribution in [0.4, 0.5) is 13.2 Å². The van der Waals surface area contributed by atoms with Crippen LogP contribution in [-0.2, 0) is 23.9 Å². The molecule has 0 saturated heterocycles. The lowest BCUT2D eigenvalue weighted by atomic mass is 10.1. The molecule has 1 aliphatic heterocycles. The van der Waals surface area contributed by atoms with Gasteiger partial charge in [-0.05, 0) is 6.42 Å². The predicted octanol–water partition coefficient (Wildman–Crippen LogP) is 1.99. The number of nitrogens with zero attached hydrogens (tertiary/aromatic N) is 2. The zero-order valence-electron chi connectivity index (χ0n) is 10.8. The van der Waals surface area contributed by atoms with E-state index in [1.54, 1.807) is 13.8 Å². The van der Waals surface area contributed by atoms with Crippen LogP contribution >= 0.6 is 0 Å². The highest BCUT2D eigenvalue weighted by atomic mass is 19.4. The molecule has 0 bridgehead atoms. The van der Waals surface area contributed by atoms with Gasteiger partial charge in [-0.1, -0.05) is 13.8 Å². The fraction of sp³-hybridized carbons (Fsp3) is 0.667. The third-order valence-electron chi connectivity index (χ3n) is 3.22. The summed E-state index contributed by atoms with van der Waals surface area (Å²) in [4.78, 5) is 15.4. The van der Waals surface area contributed by atoms with Crippen molar-refractivity contribution in [3.63, 3.8) is 0 Å². The summed E-state index contributed by atoms with van der Waals surface area (Å²) >= 11 is 0. The number of hydrogen-bond acceptors (Lipinski definition) is 2. The van der Waals surface area contributed by atoms with Gasteiger partial charge in [0.1, 0.15) is 11.5 Å². The van der Waals surface area contributed by atoms with Crippen LogP contribution in [0.1, 0.15) is 31.8 Å². The van der Waals surface area contributed by atoms with Crippen LogP contribution in [-0.4, -0.2) is 21.5 Å². The van der Waals surface area contributed by atoms with E-state index in [-0.39, 0.29) is 24.4 Å². The van der Waals surface area contributed by atoms with E-state index in [1.165, 1.54) is 0 Å². The SMILES string of the molecule is CC(C)C(=O)NC1CCc2ncc(C(F)(F)F)n2C1. The van der Waals surface area contributed by atoms with Gasteiger partial charge < -0.3 is 9.88 Å². The molecule has 0 aromatic carbocycles. The minimum atomic E-state index is -4.41. The lowest BCUT2D eigenvalue weighted by Crippen LogP contribution is -2.43. The molecule has 0 fully saturated rings. The Morgan fingerprint density at radius 1 is 1.53 bits per heavy atom. The molecule has 2 heterocycles. The van der Waals surface area contributed by atoms with E-state index in [1.807, 2.05) is 0 Å². The number of imidazole rings is 1. The quantitative estimate of drug-likeness (QED) is 0.897. The molecule has 1 aromatic heterocycles. The fourth-order valence-corrected chi connectivity index (χ4v) is 2.14. The van der Waals surface area contributed by atoms with Crippen LogP contribution in [0.25, 0.3) is 0 Å². The Bertz CT molecular complexity index is 479. The first-order valence-corrected chi connectivity index (χ1v) is 6.21. The number of fused-ring (bicyclic) bond motifs is 1. The molecule has 1 N–H and O–H groups in total. The number of hydrogen-bond donors (Lipinski definition) is 1. The molecule has 0 saturated carbocycles. The first-order valence-electron chi connectivity index (χ1n) is 6.21. The summed E-state index contributed by atoms with van der Waals surface area (Å²) in [5, 5.41) is 2.77. The summed E-state index contributed by atoms with van der Waals surface area (Å²) < 4.78 is 39.5. The molecule has 1 aromatic rings. The van der Waals surface area contributed by atoms with Crippen molar-refractivity contribution < 1.29 is 18.0 Å². The molecule has 1 amide bonds. The first kappa shape index (κ1) is 13.9. The standard InChI is InChI=1S/C12H16F3N3O/c1-7(2)11(19)17-8-3-4-10-16-5-9(12(13,14)15)18(10)6-8/h5,7-8H,3-4,6H2,1-2H3,(H,17,19). The van der Waals surface area contributed by atoms with Gasteiger partial charge in [-0.15, -0.1) is 0 Å². The third kappa shape index (κ3) is 2.90. The van der Waals surface area contributed by atoms with Gasteiger partial charge in [0.05, 0.1) is 6.20 Å². The van der Waals surface area contributed by atoms with E-state index in [0.717, 1.165) is 10.8 Å². The fourth-order valence-electron chi connectivity index (χ4n) is 2.14. The van der Waals surface area contributed by atoms with Gasteiger partial charge >= 0.3 is 6.18 Å². The second kappa shape index (κ2) is 4.86. The van der Waals surface area contributed by atoms with Crippen molar-refractivity contribution in [2.75, 3.05) is 0 Å². The summed E-state index contributed by atoms with van der Waals surface area (Å²) in [5.74, 6) is 0.121. The second-order valence-corrected chi connectivity index (χ2v) is 5.07. The Kier molecular flexibility index (Phi) is 3.56. The molecule has 1 atom stereocenters. The summed E-state index contributed by atoms with van der Waals surface area (Å²) in [6, 6.07) is -0.266. The first-order chi connectivity index (χ1) is 8.79. The number of nitrogens with one attached hydrogen (secondary N) is 1. The lowest BCUT2D eigenvalue weighted by molar-refractivity contribution is -0.144. The van der Waals surface area contributed by atoms with Crippen molar-refractivity contribution >= 4 is 5.91 Å². The van der Waals surface area contributed by atoms with E-state index in [9.17, 15) is 18.0 Å². The molecule has 19 heavy (non-hydrogen) atoms. The number of carbonyl (C=O) groups is 1. The minimum Gasteiger partial charge on any atom is -0.351 e. The van der Waals surface area contributed by atoms with Gasteiger partial charge in [-0.2, -0.15) is 13.2 Å². The number of rotatable bonds is 2. The van der Waals surface area contributed by atoms with Crippen LogP contribution in [0.2, 0.25) is 0 Å². The number of amides is 1. The molecule has 2 rings (SSSR count). The van der Waals surface area contributed by atoms with E-state index in [2.05, 4.69) is 10.3 Å². The number of aryl methyl sites for hydroxylation is 1. The zero-order valence-corrected chi connectivity index (χ0v) is 10.8. The molecule has 1 unspecified atom stereocenters. The van der Waals surface area contributed by atoms with Crippen molar-refractivity contribution in [2.45, 2.75) is 45.5 Å². The number of carbonyl (C=O) groups excluding carboxylic acids is 1. The van der Waals surface area contributed by atoms with Gasteiger partial charge in [0.2, 0.25) is 5.91 Å². The van der Waals surface area contributed by atoms with Crippen LogP contribution in [0.5, 0.6) is 0 Å². The van der Waals surface area contributed by atoms with Crippen molar-refractivity contribution in [1.82, 2.24) is 14.9 Å². The molecule has 0 radical (unpaired) electrons. The molecule has 7 heteroatoms. The predicted molar refractivity (Wildman–Crippen MR) is 62.3 cm³/mol. The lowest BCUT2D eigenvalue weighted by Gasteiger charge is -2.27. The third-order valence-corrected chi connectivity index (χ3v) is 3.22. The van der Waals surface area contributed by atoms with Crippen molar-refractivity contribution in [3.05, 3.63) is 17.7 Å². The Balaban J connectivity index is 2.14. The summed E-state index contributed by atoms with van der Waals surface area (Å²) in [7, 11) is 0. The molecule has 0 aliphatic carbocycles. The van der Waals surface area contributed by atoms with Crippen molar-refractivity contribution in [2.24, 2.45) is 5.92 Å². The Labute approximate surface area is 109 Å². The number of aromatic nitrogens is 2. The van der Waals surface area contributed by atoms with E-state index in [0.29, 0.717) is 18.7 Å². The molecule has 1 aliphatic rings. The maximum absolute atomic E-state index is 12.8. The van der Waals surface area contributed by atoms with Crippen LogP contribution < -0.4 is 5.32 Å². The van der Waals surface area contributed by atoms with Crippen molar-refractivity contribution in [1.29, 1.82) is 0 Å². The molecule has 0 spiro atoms. The Morgan fingerprint density at radius 3 is 2.79 bits per heavy atom. The van der Waals surface area contributed by atoms with Gasteiger partial charge in [0.25, 0.3) is 0 Å². The Hall–Kier alpha value is -1.53. The van der Waals surface area contributed by atoms with Crippen molar-refractivity contribution in [3.8, 4) is 0 Å². The minimum absolute atomic E-state index is 0.128. The van der Waals surface area contributed by atoms with Gasteiger partial charge in [-0.25, -0.2) is 4.98 Å².